The summed E-state index contributed by atoms with van der Waals surface area (Å²) in [6.07, 6.45) is -3.85. The Morgan fingerprint density at radius 3 is 2.00 bits per heavy atom. The maximum Gasteiger partial charge on any atom is 0.393 e. The average Bonchev–Trinajstić information content (AvgIpc) is 2.61. The molecule has 0 aromatic carbocycles. The van der Waals surface area contributed by atoms with Gasteiger partial charge < -0.3 is 0 Å². The molecule has 1 nitrogen and oxygen atoms in total. The number of hydrogen-bond donors (Lipinski definition) is 0. The van der Waals surface area contributed by atoms with Crippen LogP contribution in [0.1, 0.15) is 19.3 Å². The van der Waals surface area contributed by atoms with Crippen molar-refractivity contribution in [1.29, 1.82) is 5.26 Å². The van der Waals surface area contributed by atoms with Crippen molar-refractivity contribution in [2.75, 3.05) is 0 Å². The number of rotatable bonds is 2. The van der Waals surface area contributed by atoms with E-state index in [-0.39, 0.29) is 19.3 Å². The van der Waals surface area contributed by atoms with Gasteiger partial charge >= 0.3 is 6.18 Å². The van der Waals surface area contributed by atoms with Gasteiger partial charge in [0.2, 0.25) is 0 Å². The minimum atomic E-state index is -4.16. The van der Waals surface area contributed by atoms with Crippen molar-refractivity contribution in [3.05, 3.63) is 0 Å². The van der Waals surface area contributed by atoms with Crippen LogP contribution < -0.4 is 0 Å². The van der Waals surface area contributed by atoms with Crippen LogP contribution in [0.25, 0.3) is 0 Å². The van der Waals surface area contributed by atoms with Gasteiger partial charge in [-0.2, -0.15) is 18.4 Å². The first-order chi connectivity index (χ1) is 5.77. The molecule has 0 unspecified atom stereocenters. The average molecular weight is 187 g/mol. The fourth-order valence-electron chi connectivity index (χ4n) is 1.84. The second-order valence-electron chi connectivity index (χ2n) is 4.30. The van der Waals surface area contributed by atoms with Gasteiger partial charge in [0.05, 0.1) is 11.5 Å². The Labute approximate surface area is 77.1 Å². The molecule has 0 aromatic heterocycles. The SMILES string of the molecule is BC(B)(CC#N)C1(C(F)(F)F)CC1. The third-order valence-electron chi connectivity index (χ3n) is 3.11. The zero-order valence-corrected chi connectivity index (χ0v) is 7.70. The van der Waals surface area contributed by atoms with Crippen molar-refractivity contribution >= 4 is 15.7 Å². The molecule has 0 radical (unpaired) electrons. The van der Waals surface area contributed by atoms with E-state index in [1.807, 2.05) is 6.07 Å². The predicted octanol–water partition coefficient (Wildman–Crippen LogP) is 0.625. The molecule has 1 fully saturated rings. The van der Waals surface area contributed by atoms with E-state index in [4.69, 9.17) is 5.26 Å². The summed E-state index contributed by atoms with van der Waals surface area (Å²) in [6, 6.07) is 1.83. The lowest BCUT2D eigenvalue weighted by Gasteiger charge is -2.34. The Hall–Kier alpha value is -0.590. The minimum Gasteiger partial charge on any atom is -0.198 e. The first-order valence-electron chi connectivity index (χ1n) is 4.20. The standard InChI is InChI=1S/C7H10B2F3N/c8-6(9,3-4-13)5(1-2-5)7(10,11)12/h1-3,8-9H2. The van der Waals surface area contributed by atoms with Gasteiger partial charge in [0.25, 0.3) is 0 Å². The molecule has 70 valence electrons. The normalized spacial score (nSPS) is 20.8. The van der Waals surface area contributed by atoms with Crippen LogP contribution in [0.5, 0.6) is 0 Å². The molecule has 0 bridgehead atoms. The predicted molar refractivity (Wildman–Crippen MR) is 47.7 cm³/mol. The van der Waals surface area contributed by atoms with E-state index in [0.717, 1.165) is 0 Å². The number of alkyl halides is 3. The molecule has 1 saturated carbocycles. The molecular formula is C7H10B2F3N. The Bertz CT molecular complexity index is 249. The fourth-order valence-corrected chi connectivity index (χ4v) is 1.84. The molecule has 1 aliphatic rings. The summed E-state index contributed by atoms with van der Waals surface area (Å²) < 4.78 is 37.8. The van der Waals surface area contributed by atoms with Gasteiger partial charge in [-0.25, -0.2) is 0 Å². The molecule has 0 saturated heterocycles. The molecule has 0 atom stereocenters. The fraction of sp³-hybridized carbons (Fsp3) is 0.857. The Morgan fingerprint density at radius 2 is 1.77 bits per heavy atom. The van der Waals surface area contributed by atoms with E-state index < -0.39 is 16.8 Å². The second-order valence-corrected chi connectivity index (χ2v) is 4.30. The summed E-state index contributed by atoms with van der Waals surface area (Å²) >= 11 is 0. The van der Waals surface area contributed by atoms with E-state index in [1.165, 1.54) is 15.7 Å². The van der Waals surface area contributed by atoms with Gasteiger partial charge in [-0.05, 0) is 12.8 Å². The molecule has 0 spiro atoms. The Balaban J connectivity index is 2.88. The van der Waals surface area contributed by atoms with Crippen molar-refractivity contribution in [2.24, 2.45) is 5.41 Å². The zero-order valence-electron chi connectivity index (χ0n) is 7.70. The lowest BCUT2D eigenvalue weighted by Crippen LogP contribution is -2.38. The molecule has 0 heterocycles. The molecule has 13 heavy (non-hydrogen) atoms. The van der Waals surface area contributed by atoms with Crippen LogP contribution >= 0.6 is 0 Å². The van der Waals surface area contributed by atoms with Crippen molar-refractivity contribution < 1.29 is 13.2 Å². The van der Waals surface area contributed by atoms with E-state index >= 15 is 0 Å². The van der Waals surface area contributed by atoms with Gasteiger partial charge in [0.1, 0.15) is 15.7 Å². The zero-order chi connectivity index (χ0) is 10.3. The molecule has 6 heteroatoms. The van der Waals surface area contributed by atoms with Gasteiger partial charge in [-0.1, -0.05) is 5.21 Å². The third kappa shape index (κ3) is 1.45. The molecule has 1 aliphatic carbocycles. The molecular weight excluding hydrogens is 177 g/mol. The highest BCUT2D eigenvalue weighted by Gasteiger charge is 2.69. The van der Waals surface area contributed by atoms with Gasteiger partial charge in [-0.3, -0.25) is 0 Å². The molecule has 0 N–H and O–H groups in total. The van der Waals surface area contributed by atoms with Crippen LogP contribution in [0.2, 0.25) is 5.21 Å². The summed E-state index contributed by atoms with van der Waals surface area (Å²) in [5.41, 5.74) is -1.59. The van der Waals surface area contributed by atoms with Crippen LogP contribution in [0.15, 0.2) is 0 Å². The van der Waals surface area contributed by atoms with Gasteiger partial charge in [0, 0.05) is 6.42 Å². The maximum absolute atomic E-state index is 12.6. The maximum atomic E-state index is 12.6. The third-order valence-corrected chi connectivity index (χ3v) is 3.11. The molecule has 0 amide bonds. The number of nitrogens with zero attached hydrogens (tertiary/aromatic N) is 1. The highest BCUT2D eigenvalue weighted by Crippen LogP contribution is 2.69. The van der Waals surface area contributed by atoms with Crippen molar-refractivity contribution in [1.82, 2.24) is 0 Å². The topological polar surface area (TPSA) is 23.8 Å². The smallest absolute Gasteiger partial charge is 0.198 e. The first-order valence-corrected chi connectivity index (χ1v) is 4.20. The Morgan fingerprint density at radius 1 is 1.31 bits per heavy atom. The summed E-state index contributed by atoms with van der Waals surface area (Å²) in [6.45, 7) is 0. The van der Waals surface area contributed by atoms with E-state index in [1.54, 1.807) is 0 Å². The highest BCUT2D eigenvalue weighted by molar-refractivity contribution is 6.40. The quantitative estimate of drug-likeness (QED) is 0.581. The monoisotopic (exact) mass is 187 g/mol. The molecule has 0 aliphatic heterocycles. The molecule has 0 aromatic rings. The second kappa shape index (κ2) is 2.70. The lowest BCUT2D eigenvalue weighted by atomic mass is 9.45. The minimum absolute atomic E-state index is 0.0352. The summed E-state index contributed by atoms with van der Waals surface area (Å²) in [7, 11) is 3.05. The first kappa shape index (κ1) is 10.5. The summed E-state index contributed by atoms with van der Waals surface area (Å²) in [4.78, 5) is 0. The number of hydrogen-bond acceptors (Lipinski definition) is 1. The summed E-state index contributed by atoms with van der Waals surface area (Å²) in [5.74, 6) is 0. The van der Waals surface area contributed by atoms with Gasteiger partial charge in [0.15, 0.2) is 0 Å². The van der Waals surface area contributed by atoms with E-state index in [2.05, 4.69) is 0 Å². The van der Waals surface area contributed by atoms with Crippen molar-refractivity contribution in [2.45, 2.75) is 30.7 Å². The van der Waals surface area contributed by atoms with Crippen LogP contribution in [0, 0.1) is 16.7 Å². The largest absolute Gasteiger partial charge is 0.393 e. The van der Waals surface area contributed by atoms with Crippen molar-refractivity contribution in [3.63, 3.8) is 0 Å². The van der Waals surface area contributed by atoms with Crippen LogP contribution in [-0.4, -0.2) is 21.9 Å². The van der Waals surface area contributed by atoms with Gasteiger partial charge in [-0.15, -0.1) is 0 Å². The van der Waals surface area contributed by atoms with E-state index in [0.29, 0.717) is 0 Å². The summed E-state index contributed by atoms with van der Waals surface area (Å²) in [5, 5.41) is 7.50. The number of nitriles is 1. The molecule has 1 rings (SSSR count). The van der Waals surface area contributed by atoms with Crippen molar-refractivity contribution in [3.8, 4) is 6.07 Å². The Kier molecular flexibility index (Phi) is 2.18. The highest BCUT2D eigenvalue weighted by atomic mass is 19.4. The lowest BCUT2D eigenvalue weighted by molar-refractivity contribution is -0.191. The number of halogens is 3. The van der Waals surface area contributed by atoms with Crippen LogP contribution in [-0.2, 0) is 0 Å². The van der Waals surface area contributed by atoms with E-state index in [9.17, 15) is 13.2 Å². The van der Waals surface area contributed by atoms with Crippen LogP contribution in [0.3, 0.4) is 0 Å². The van der Waals surface area contributed by atoms with Crippen LogP contribution in [0.4, 0.5) is 13.2 Å².